The molecule has 6 nitrogen and oxygen atoms in total. The van der Waals surface area contributed by atoms with Gasteiger partial charge >= 0.3 is 0 Å². The summed E-state index contributed by atoms with van der Waals surface area (Å²) in [5.41, 5.74) is 2.58. The normalized spacial score (nSPS) is 11.1. The number of para-hydroxylation sites is 1. The van der Waals surface area contributed by atoms with E-state index in [-0.39, 0.29) is 5.91 Å². The number of H-pyrrole nitrogens is 1. The van der Waals surface area contributed by atoms with Crippen molar-refractivity contribution in [2.75, 3.05) is 5.32 Å². The molecule has 0 aliphatic carbocycles. The maximum atomic E-state index is 12.3. The number of carbonyl (C=O) groups is 1. The molecule has 0 saturated carbocycles. The number of carbonyl (C=O) groups excluding carboxylic acids is 1. The van der Waals surface area contributed by atoms with Gasteiger partial charge in [0.25, 0.3) is 5.91 Å². The molecule has 2 N–H and O–H groups in total. The molecule has 0 saturated heterocycles. The summed E-state index contributed by atoms with van der Waals surface area (Å²) in [6.07, 6.45) is 0. The SMILES string of the molecule is Cc1[nH]nc(C(=O)Nc2nc(-c3cc4ccccc4o3)cs2)c1Br. The second-order valence-electron chi connectivity index (χ2n) is 5.15. The van der Waals surface area contributed by atoms with Gasteiger partial charge in [0.05, 0.1) is 4.47 Å². The monoisotopic (exact) mass is 402 g/mol. The predicted molar refractivity (Wildman–Crippen MR) is 96.3 cm³/mol. The average Bonchev–Trinajstić information content (AvgIpc) is 3.27. The molecule has 1 aromatic carbocycles. The summed E-state index contributed by atoms with van der Waals surface area (Å²) in [5.74, 6) is 0.349. The van der Waals surface area contributed by atoms with Crippen molar-refractivity contribution in [3.63, 3.8) is 0 Å². The van der Waals surface area contributed by atoms with Crippen molar-refractivity contribution in [1.82, 2.24) is 15.2 Å². The maximum absolute atomic E-state index is 12.3. The van der Waals surface area contributed by atoms with Crippen LogP contribution in [0.4, 0.5) is 5.13 Å². The number of rotatable bonds is 3. The quantitative estimate of drug-likeness (QED) is 0.524. The van der Waals surface area contributed by atoms with E-state index in [2.05, 4.69) is 36.4 Å². The minimum atomic E-state index is -0.322. The van der Waals surface area contributed by atoms with Crippen LogP contribution < -0.4 is 5.32 Å². The summed E-state index contributed by atoms with van der Waals surface area (Å²) in [6.45, 7) is 1.83. The average molecular weight is 403 g/mol. The van der Waals surface area contributed by atoms with Gasteiger partial charge in [-0.25, -0.2) is 4.98 Å². The molecule has 4 aromatic rings. The largest absolute Gasteiger partial charge is 0.454 e. The number of fused-ring (bicyclic) bond motifs is 1. The zero-order valence-electron chi connectivity index (χ0n) is 12.5. The van der Waals surface area contributed by atoms with Crippen LogP contribution in [0.3, 0.4) is 0 Å². The fraction of sp³-hybridized carbons (Fsp3) is 0.0625. The summed E-state index contributed by atoms with van der Waals surface area (Å²) in [4.78, 5) is 16.7. The van der Waals surface area contributed by atoms with Crippen molar-refractivity contribution in [3.05, 3.63) is 51.6 Å². The summed E-state index contributed by atoms with van der Waals surface area (Å²) in [7, 11) is 0. The van der Waals surface area contributed by atoms with Crippen molar-refractivity contribution in [2.45, 2.75) is 6.92 Å². The zero-order chi connectivity index (χ0) is 16.7. The van der Waals surface area contributed by atoms with Crippen molar-refractivity contribution in [1.29, 1.82) is 0 Å². The van der Waals surface area contributed by atoms with Crippen molar-refractivity contribution < 1.29 is 9.21 Å². The molecule has 0 atom stereocenters. The third-order valence-electron chi connectivity index (χ3n) is 3.49. The maximum Gasteiger partial charge on any atom is 0.279 e. The number of halogens is 1. The number of furan rings is 1. The number of benzene rings is 1. The van der Waals surface area contributed by atoms with Crippen molar-refractivity contribution >= 4 is 49.3 Å². The fourth-order valence-corrected chi connectivity index (χ4v) is 3.33. The predicted octanol–water partition coefficient (Wildman–Crippen LogP) is 4.60. The Bertz CT molecular complexity index is 1020. The highest BCUT2D eigenvalue weighted by atomic mass is 79.9. The van der Waals surface area contributed by atoms with Crippen LogP contribution in [0, 0.1) is 6.92 Å². The van der Waals surface area contributed by atoms with Gasteiger partial charge in [0.15, 0.2) is 16.6 Å². The third-order valence-corrected chi connectivity index (χ3v) is 5.22. The van der Waals surface area contributed by atoms with Gasteiger partial charge in [0.1, 0.15) is 11.3 Å². The van der Waals surface area contributed by atoms with Crippen molar-refractivity contribution in [3.8, 4) is 11.5 Å². The summed E-state index contributed by atoms with van der Waals surface area (Å²) in [6, 6.07) is 9.70. The number of hydrogen-bond acceptors (Lipinski definition) is 5. The Hall–Kier alpha value is -2.45. The molecule has 0 radical (unpaired) electrons. The van der Waals surface area contributed by atoms with Gasteiger partial charge in [0, 0.05) is 16.5 Å². The number of aromatic amines is 1. The molecule has 120 valence electrons. The Balaban J connectivity index is 1.58. The second-order valence-corrected chi connectivity index (χ2v) is 6.80. The number of nitrogens with zero attached hydrogens (tertiary/aromatic N) is 2. The molecule has 0 unspecified atom stereocenters. The molecule has 3 heterocycles. The summed E-state index contributed by atoms with van der Waals surface area (Å²) in [5, 5.41) is 12.8. The van der Waals surface area contributed by atoms with E-state index in [1.807, 2.05) is 42.6 Å². The van der Waals surface area contributed by atoms with E-state index < -0.39 is 0 Å². The first-order valence-electron chi connectivity index (χ1n) is 7.08. The molecule has 0 fully saturated rings. The van der Waals surface area contributed by atoms with Crippen LogP contribution in [0.5, 0.6) is 0 Å². The lowest BCUT2D eigenvalue weighted by Crippen LogP contribution is -2.12. The van der Waals surface area contributed by atoms with Crippen LogP contribution in [0.25, 0.3) is 22.4 Å². The third kappa shape index (κ3) is 2.63. The minimum Gasteiger partial charge on any atom is -0.454 e. The first-order valence-corrected chi connectivity index (χ1v) is 8.75. The van der Waals surface area contributed by atoms with E-state index in [9.17, 15) is 4.79 Å². The molecule has 4 rings (SSSR count). The number of aromatic nitrogens is 3. The Morgan fingerprint density at radius 1 is 1.38 bits per heavy atom. The Morgan fingerprint density at radius 3 is 2.96 bits per heavy atom. The highest BCUT2D eigenvalue weighted by molar-refractivity contribution is 9.10. The van der Waals surface area contributed by atoms with E-state index in [1.54, 1.807) is 0 Å². The van der Waals surface area contributed by atoms with E-state index in [4.69, 9.17) is 4.42 Å². The summed E-state index contributed by atoms with van der Waals surface area (Å²) < 4.78 is 6.43. The number of aryl methyl sites for hydroxylation is 1. The molecule has 0 aliphatic heterocycles. The van der Waals surface area contributed by atoms with Crippen LogP contribution in [0.2, 0.25) is 0 Å². The molecule has 0 bridgehead atoms. The van der Waals surface area contributed by atoms with Crippen LogP contribution in [0.15, 0.2) is 44.6 Å². The van der Waals surface area contributed by atoms with Crippen LogP contribution in [-0.4, -0.2) is 21.1 Å². The van der Waals surface area contributed by atoms with Gasteiger partial charge in [-0.2, -0.15) is 5.10 Å². The molecular weight excluding hydrogens is 392 g/mol. The van der Waals surface area contributed by atoms with Gasteiger partial charge in [-0.3, -0.25) is 15.2 Å². The molecule has 0 spiro atoms. The van der Waals surface area contributed by atoms with Crippen LogP contribution >= 0.6 is 27.3 Å². The molecule has 8 heteroatoms. The number of thiazole rings is 1. The van der Waals surface area contributed by atoms with Gasteiger partial charge in [-0.1, -0.05) is 18.2 Å². The Labute approximate surface area is 149 Å². The minimum absolute atomic E-state index is 0.299. The Kier molecular flexibility index (Phi) is 3.70. The fourth-order valence-electron chi connectivity index (χ4n) is 2.27. The molecule has 3 aromatic heterocycles. The Morgan fingerprint density at radius 2 is 2.21 bits per heavy atom. The highest BCUT2D eigenvalue weighted by Gasteiger charge is 2.18. The van der Waals surface area contributed by atoms with E-state index in [0.29, 0.717) is 26.8 Å². The number of amides is 1. The smallest absolute Gasteiger partial charge is 0.279 e. The highest BCUT2D eigenvalue weighted by Crippen LogP contribution is 2.30. The topological polar surface area (TPSA) is 83.8 Å². The van der Waals surface area contributed by atoms with Gasteiger partial charge in [-0.15, -0.1) is 11.3 Å². The first-order chi connectivity index (χ1) is 11.6. The standard InChI is InChI=1S/C16H11BrN4O2S/c1-8-13(17)14(21-20-8)15(22)19-16-18-10(7-24-16)12-6-9-4-2-3-5-11(9)23-12/h2-7H,1H3,(H,20,21)(H,18,19,22). The van der Waals surface area contributed by atoms with Gasteiger partial charge in [0.2, 0.25) is 0 Å². The van der Waals surface area contributed by atoms with Crippen LogP contribution in [0.1, 0.15) is 16.2 Å². The number of anilines is 1. The van der Waals surface area contributed by atoms with E-state index in [0.717, 1.165) is 16.7 Å². The van der Waals surface area contributed by atoms with Gasteiger partial charge in [-0.05, 0) is 35.0 Å². The lowest BCUT2D eigenvalue weighted by molar-refractivity contribution is 0.102. The summed E-state index contributed by atoms with van der Waals surface area (Å²) >= 11 is 4.67. The van der Waals surface area contributed by atoms with Crippen molar-refractivity contribution in [2.24, 2.45) is 0 Å². The van der Waals surface area contributed by atoms with E-state index >= 15 is 0 Å². The van der Waals surface area contributed by atoms with Gasteiger partial charge < -0.3 is 4.42 Å². The molecular formula is C16H11BrN4O2S. The zero-order valence-corrected chi connectivity index (χ0v) is 14.9. The van der Waals surface area contributed by atoms with Crippen LogP contribution in [-0.2, 0) is 0 Å². The van der Waals surface area contributed by atoms with E-state index in [1.165, 1.54) is 11.3 Å². The molecule has 0 aliphatic rings. The lowest BCUT2D eigenvalue weighted by Gasteiger charge is -1.98. The number of hydrogen-bond donors (Lipinski definition) is 2. The first kappa shape index (κ1) is 15.1. The second kappa shape index (κ2) is 5.88. The lowest BCUT2D eigenvalue weighted by atomic mass is 10.2. The molecule has 1 amide bonds. The molecule has 24 heavy (non-hydrogen) atoms. The number of nitrogens with one attached hydrogen (secondary N) is 2.